The molecule has 0 aromatic heterocycles. The number of nitrogens with one attached hydrogen (secondary N) is 1. The lowest BCUT2D eigenvalue weighted by Gasteiger charge is -2.32. The third-order valence-electron chi connectivity index (χ3n) is 5.71. The molecular weight excluding hydrogens is 348 g/mol. The molecule has 0 unspecified atom stereocenters. The van der Waals surface area contributed by atoms with E-state index in [-0.39, 0.29) is 17.9 Å². The molecule has 2 amide bonds. The van der Waals surface area contributed by atoms with Gasteiger partial charge in [-0.15, -0.1) is 0 Å². The number of amides is 2. The summed E-state index contributed by atoms with van der Waals surface area (Å²) < 4.78 is 0. The maximum atomic E-state index is 12.7. The molecule has 4 heteroatoms. The van der Waals surface area contributed by atoms with Gasteiger partial charge in [0.05, 0.1) is 0 Å². The van der Waals surface area contributed by atoms with Crippen molar-refractivity contribution in [2.75, 3.05) is 13.1 Å². The first-order chi connectivity index (χ1) is 13.3. The van der Waals surface area contributed by atoms with E-state index in [1.165, 1.54) is 11.1 Å². The number of rotatable bonds is 4. The highest BCUT2D eigenvalue weighted by atomic mass is 16.2. The maximum absolute atomic E-state index is 12.7. The molecular formula is C24H30N2O2. The van der Waals surface area contributed by atoms with Crippen molar-refractivity contribution in [1.29, 1.82) is 0 Å². The number of benzene rings is 2. The first-order valence-corrected chi connectivity index (χ1v) is 10.1. The lowest BCUT2D eigenvalue weighted by molar-refractivity contribution is 0.0698. The van der Waals surface area contributed by atoms with Crippen LogP contribution in [0.3, 0.4) is 0 Å². The average molecular weight is 379 g/mol. The van der Waals surface area contributed by atoms with Crippen LogP contribution in [0.15, 0.2) is 42.5 Å². The number of carbonyl (C=O) groups excluding carboxylic acids is 2. The Balaban J connectivity index is 1.54. The van der Waals surface area contributed by atoms with Gasteiger partial charge in [-0.1, -0.05) is 32.0 Å². The van der Waals surface area contributed by atoms with Crippen LogP contribution >= 0.6 is 0 Å². The Bertz CT molecular complexity index is 847. The number of nitrogens with zero attached hydrogens (tertiary/aromatic N) is 1. The summed E-state index contributed by atoms with van der Waals surface area (Å²) in [4.78, 5) is 27.1. The monoisotopic (exact) mass is 378 g/mol. The van der Waals surface area contributed by atoms with Crippen molar-refractivity contribution in [1.82, 2.24) is 10.2 Å². The van der Waals surface area contributed by atoms with Crippen LogP contribution in [-0.2, 0) is 0 Å². The number of hydrogen-bond acceptors (Lipinski definition) is 2. The fraction of sp³-hybridized carbons (Fsp3) is 0.417. The standard InChI is InChI=1S/C24H30N2O2/c1-16(2)19-7-9-20(10-8-19)23(27)25-22-11-13-26(14-12-22)24(28)21-6-5-17(3)18(4)15-21/h5-10,15-16,22H,11-14H2,1-4H3,(H,25,27). The number of aryl methyl sites for hydroxylation is 2. The highest BCUT2D eigenvalue weighted by molar-refractivity contribution is 5.95. The van der Waals surface area contributed by atoms with E-state index in [0.29, 0.717) is 24.6 Å². The zero-order chi connectivity index (χ0) is 20.3. The molecule has 148 valence electrons. The molecule has 1 aliphatic heterocycles. The van der Waals surface area contributed by atoms with E-state index >= 15 is 0 Å². The molecule has 0 radical (unpaired) electrons. The third kappa shape index (κ3) is 4.61. The molecule has 0 atom stereocenters. The van der Waals surface area contributed by atoms with E-state index in [1.54, 1.807) is 0 Å². The molecule has 28 heavy (non-hydrogen) atoms. The van der Waals surface area contributed by atoms with E-state index in [1.807, 2.05) is 61.2 Å². The fourth-order valence-corrected chi connectivity index (χ4v) is 3.57. The number of piperidine rings is 1. The topological polar surface area (TPSA) is 49.4 Å². The molecule has 0 spiro atoms. The normalized spacial score (nSPS) is 15.0. The number of likely N-dealkylation sites (tertiary alicyclic amines) is 1. The molecule has 1 fully saturated rings. The molecule has 0 aliphatic carbocycles. The summed E-state index contributed by atoms with van der Waals surface area (Å²) in [6, 6.07) is 13.8. The molecule has 1 heterocycles. The third-order valence-corrected chi connectivity index (χ3v) is 5.71. The Morgan fingerprint density at radius 2 is 1.54 bits per heavy atom. The van der Waals surface area contributed by atoms with Crippen LogP contribution in [0, 0.1) is 13.8 Å². The summed E-state index contributed by atoms with van der Waals surface area (Å²) >= 11 is 0. The Hall–Kier alpha value is -2.62. The van der Waals surface area contributed by atoms with E-state index in [0.717, 1.165) is 24.0 Å². The summed E-state index contributed by atoms with van der Waals surface area (Å²) in [6.45, 7) is 9.70. The molecule has 1 N–H and O–H groups in total. The van der Waals surface area contributed by atoms with Crippen LogP contribution in [0.1, 0.15) is 70.0 Å². The highest BCUT2D eigenvalue weighted by Crippen LogP contribution is 2.18. The van der Waals surface area contributed by atoms with Crippen LogP contribution < -0.4 is 5.32 Å². The van der Waals surface area contributed by atoms with Gasteiger partial charge in [0.1, 0.15) is 0 Å². The Morgan fingerprint density at radius 1 is 0.929 bits per heavy atom. The number of hydrogen-bond donors (Lipinski definition) is 1. The molecule has 1 aliphatic rings. The van der Waals surface area contributed by atoms with E-state index < -0.39 is 0 Å². The van der Waals surface area contributed by atoms with Gasteiger partial charge in [-0.25, -0.2) is 0 Å². The molecule has 2 aromatic rings. The van der Waals surface area contributed by atoms with Crippen molar-refractivity contribution in [2.45, 2.75) is 52.5 Å². The van der Waals surface area contributed by atoms with Crippen LogP contribution in [0.4, 0.5) is 0 Å². The Kier molecular flexibility index (Phi) is 6.18. The van der Waals surface area contributed by atoms with Gasteiger partial charge in [0.15, 0.2) is 0 Å². The predicted molar refractivity (Wildman–Crippen MR) is 113 cm³/mol. The maximum Gasteiger partial charge on any atom is 0.253 e. The predicted octanol–water partition coefficient (Wildman–Crippen LogP) is 4.46. The largest absolute Gasteiger partial charge is 0.349 e. The Morgan fingerprint density at radius 3 is 2.11 bits per heavy atom. The van der Waals surface area contributed by atoms with Crippen molar-refractivity contribution in [3.8, 4) is 0 Å². The van der Waals surface area contributed by atoms with Crippen molar-refractivity contribution in [3.05, 3.63) is 70.3 Å². The zero-order valence-electron chi connectivity index (χ0n) is 17.3. The molecule has 4 nitrogen and oxygen atoms in total. The van der Waals surface area contributed by atoms with Gasteiger partial charge in [-0.3, -0.25) is 9.59 Å². The summed E-state index contributed by atoms with van der Waals surface area (Å²) in [5, 5.41) is 3.12. The van der Waals surface area contributed by atoms with Crippen molar-refractivity contribution in [3.63, 3.8) is 0 Å². The lowest BCUT2D eigenvalue weighted by Crippen LogP contribution is -2.46. The van der Waals surface area contributed by atoms with Gasteiger partial charge in [-0.05, 0) is 73.6 Å². The van der Waals surface area contributed by atoms with E-state index in [9.17, 15) is 9.59 Å². The minimum atomic E-state index is -0.0331. The van der Waals surface area contributed by atoms with Crippen molar-refractivity contribution < 1.29 is 9.59 Å². The zero-order valence-corrected chi connectivity index (χ0v) is 17.3. The summed E-state index contributed by atoms with van der Waals surface area (Å²) in [5.41, 5.74) is 5.00. The first kappa shape index (κ1) is 20.1. The molecule has 0 saturated carbocycles. The van der Waals surface area contributed by atoms with Crippen LogP contribution in [0.5, 0.6) is 0 Å². The van der Waals surface area contributed by atoms with Gasteiger partial charge in [0, 0.05) is 30.3 Å². The average Bonchev–Trinajstić information content (AvgIpc) is 2.70. The van der Waals surface area contributed by atoms with Crippen molar-refractivity contribution >= 4 is 11.8 Å². The van der Waals surface area contributed by atoms with E-state index in [2.05, 4.69) is 19.2 Å². The SMILES string of the molecule is Cc1ccc(C(=O)N2CCC(NC(=O)c3ccc(C(C)C)cc3)CC2)cc1C. The van der Waals surface area contributed by atoms with Crippen molar-refractivity contribution in [2.24, 2.45) is 0 Å². The van der Waals surface area contributed by atoms with Gasteiger partial charge in [0.25, 0.3) is 11.8 Å². The quantitative estimate of drug-likeness (QED) is 0.854. The smallest absolute Gasteiger partial charge is 0.253 e. The van der Waals surface area contributed by atoms with Gasteiger partial charge in [0.2, 0.25) is 0 Å². The fourth-order valence-electron chi connectivity index (χ4n) is 3.57. The minimum absolute atomic E-state index is 0.0331. The second-order valence-electron chi connectivity index (χ2n) is 8.12. The van der Waals surface area contributed by atoms with Crippen LogP contribution in [0.25, 0.3) is 0 Å². The molecule has 1 saturated heterocycles. The molecule has 2 aromatic carbocycles. The number of carbonyl (C=O) groups is 2. The molecule has 0 bridgehead atoms. The summed E-state index contributed by atoms with van der Waals surface area (Å²) in [5.74, 6) is 0.502. The van der Waals surface area contributed by atoms with Crippen LogP contribution in [0.2, 0.25) is 0 Å². The second-order valence-corrected chi connectivity index (χ2v) is 8.12. The summed E-state index contributed by atoms with van der Waals surface area (Å²) in [6.07, 6.45) is 1.57. The van der Waals surface area contributed by atoms with Crippen LogP contribution in [-0.4, -0.2) is 35.8 Å². The summed E-state index contributed by atoms with van der Waals surface area (Å²) in [7, 11) is 0. The molecule has 3 rings (SSSR count). The minimum Gasteiger partial charge on any atom is -0.349 e. The Labute approximate surface area is 167 Å². The van der Waals surface area contributed by atoms with Gasteiger partial charge >= 0.3 is 0 Å². The highest BCUT2D eigenvalue weighted by Gasteiger charge is 2.25. The first-order valence-electron chi connectivity index (χ1n) is 10.1. The van der Waals surface area contributed by atoms with Gasteiger partial charge in [-0.2, -0.15) is 0 Å². The van der Waals surface area contributed by atoms with E-state index in [4.69, 9.17) is 0 Å². The lowest BCUT2D eigenvalue weighted by atomic mass is 10.0. The second kappa shape index (κ2) is 8.59. The van der Waals surface area contributed by atoms with Gasteiger partial charge < -0.3 is 10.2 Å².